The van der Waals surface area contributed by atoms with Gasteiger partial charge in [-0.3, -0.25) is 4.68 Å². The molecule has 0 atom stereocenters. The SMILES string of the molecule is Cn1cnc(CCNCc2ccc(F)c(C(F)(F)F)c2)n1. The first-order valence-electron chi connectivity index (χ1n) is 6.27. The molecule has 0 amide bonds. The lowest BCUT2D eigenvalue weighted by atomic mass is 10.1. The van der Waals surface area contributed by atoms with Crippen molar-refractivity contribution in [1.29, 1.82) is 0 Å². The van der Waals surface area contributed by atoms with Crippen LogP contribution in [0, 0.1) is 5.82 Å². The van der Waals surface area contributed by atoms with Crippen LogP contribution in [0.1, 0.15) is 17.0 Å². The quantitative estimate of drug-likeness (QED) is 0.681. The largest absolute Gasteiger partial charge is 0.419 e. The Kier molecular flexibility index (Phi) is 4.56. The van der Waals surface area contributed by atoms with Crippen LogP contribution in [0.4, 0.5) is 17.6 Å². The monoisotopic (exact) mass is 302 g/mol. The van der Waals surface area contributed by atoms with E-state index in [1.165, 1.54) is 6.07 Å². The second kappa shape index (κ2) is 6.21. The zero-order chi connectivity index (χ0) is 15.5. The summed E-state index contributed by atoms with van der Waals surface area (Å²) in [7, 11) is 1.75. The van der Waals surface area contributed by atoms with E-state index in [1.807, 2.05) is 0 Å². The second-order valence-electron chi connectivity index (χ2n) is 4.57. The highest BCUT2D eigenvalue weighted by Crippen LogP contribution is 2.31. The number of nitrogens with zero attached hydrogens (tertiary/aromatic N) is 3. The van der Waals surface area contributed by atoms with Crippen LogP contribution in [0.15, 0.2) is 24.5 Å². The number of nitrogens with one attached hydrogen (secondary N) is 1. The maximum atomic E-state index is 13.1. The van der Waals surface area contributed by atoms with Crippen molar-refractivity contribution in [2.45, 2.75) is 19.1 Å². The van der Waals surface area contributed by atoms with Gasteiger partial charge in [0.25, 0.3) is 0 Å². The first-order chi connectivity index (χ1) is 9.86. The number of hydrogen-bond acceptors (Lipinski definition) is 3. The van der Waals surface area contributed by atoms with E-state index in [0.29, 0.717) is 24.4 Å². The van der Waals surface area contributed by atoms with Crippen LogP contribution >= 0.6 is 0 Å². The van der Waals surface area contributed by atoms with Gasteiger partial charge in [-0.05, 0) is 17.7 Å². The Morgan fingerprint density at radius 2 is 2.05 bits per heavy atom. The molecular weight excluding hydrogens is 288 g/mol. The van der Waals surface area contributed by atoms with Crippen LogP contribution < -0.4 is 5.32 Å². The first-order valence-corrected chi connectivity index (χ1v) is 6.27. The number of benzene rings is 1. The van der Waals surface area contributed by atoms with Crippen LogP contribution in [0.25, 0.3) is 0 Å². The molecule has 0 aliphatic carbocycles. The smallest absolute Gasteiger partial charge is 0.312 e. The molecule has 1 heterocycles. The van der Waals surface area contributed by atoms with E-state index in [0.717, 1.165) is 12.1 Å². The summed E-state index contributed by atoms with van der Waals surface area (Å²) in [5.41, 5.74) is -0.870. The van der Waals surface area contributed by atoms with E-state index in [-0.39, 0.29) is 6.54 Å². The molecule has 0 aliphatic heterocycles. The number of aryl methyl sites for hydroxylation is 1. The Labute approximate surface area is 118 Å². The third-order valence-corrected chi connectivity index (χ3v) is 2.84. The average molecular weight is 302 g/mol. The van der Waals surface area contributed by atoms with Crippen LogP contribution in [0.5, 0.6) is 0 Å². The van der Waals surface area contributed by atoms with E-state index in [1.54, 1.807) is 18.1 Å². The van der Waals surface area contributed by atoms with Crippen molar-refractivity contribution >= 4 is 0 Å². The van der Waals surface area contributed by atoms with E-state index in [4.69, 9.17) is 0 Å². The van der Waals surface area contributed by atoms with Crippen LogP contribution in [-0.4, -0.2) is 21.3 Å². The topological polar surface area (TPSA) is 42.7 Å². The summed E-state index contributed by atoms with van der Waals surface area (Å²) in [5, 5.41) is 7.06. The molecule has 0 aliphatic rings. The summed E-state index contributed by atoms with van der Waals surface area (Å²) in [6, 6.07) is 2.98. The summed E-state index contributed by atoms with van der Waals surface area (Å²) in [6.45, 7) is 0.735. The molecule has 0 fully saturated rings. The molecule has 0 spiro atoms. The summed E-state index contributed by atoms with van der Waals surface area (Å²) >= 11 is 0. The molecule has 114 valence electrons. The highest BCUT2D eigenvalue weighted by Gasteiger charge is 2.34. The Balaban J connectivity index is 1.89. The molecular formula is C13H14F4N4. The molecule has 8 heteroatoms. The van der Waals surface area contributed by atoms with Gasteiger partial charge >= 0.3 is 6.18 Å². The van der Waals surface area contributed by atoms with Gasteiger partial charge in [0.2, 0.25) is 0 Å². The standard InChI is InChI=1S/C13H14F4N4/c1-21-8-19-12(20-21)4-5-18-7-9-2-3-11(14)10(6-9)13(15,16)17/h2-3,6,8,18H,4-5,7H2,1H3. The van der Waals surface area contributed by atoms with Crippen molar-refractivity contribution in [1.82, 2.24) is 20.1 Å². The van der Waals surface area contributed by atoms with Gasteiger partial charge in [-0.2, -0.15) is 18.3 Å². The normalized spacial score (nSPS) is 11.9. The van der Waals surface area contributed by atoms with E-state index in [2.05, 4.69) is 15.4 Å². The summed E-state index contributed by atoms with van der Waals surface area (Å²) in [4.78, 5) is 4.03. The number of alkyl halides is 3. The van der Waals surface area contributed by atoms with Gasteiger partial charge in [-0.1, -0.05) is 6.07 Å². The third kappa shape index (κ3) is 4.25. The minimum Gasteiger partial charge on any atom is -0.312 e. The predicted molar refractivity (Wildman–Crippen MR) is 67.8 cm³/mol. The van der Waals surface area contributed by atoms with Gasteiger partial charge in [0.05, 0.1) is 5.56 Å². The van der Waals surface area contributed by atoms with E-state index < -0.39 is 17.6 Å². The van der Waals surface area contributed by atoms with Crippen LogP contribution in [-0.2, 0) is 26.2 Å². The molecule has 2 aromatic rings. The van der Waals surface area contributed by atoms with Crippen molar-refractivity contribution < 1.29 is 17.6 Å². The number of aromatic nitrogens is 3. The Bertz CT molecular complexity index is 606. The van der Waals surface area contributed by atoms with Crippen molar-refractivity contribution in [2.75, 3.05) is 6.54 Å². The Hall–Kier alpha value is -1.96. The van der Waals surface area contributed by atoms with Crippen LogP contribution in [0.3, 0.4) is 0 Å². The molecule has 0 saturated carbocycles. The molecule has 1 aromatic carbocycles. The fraction of sp³-hybridized carbons (Fsp3) is 0.385. The summed E-state index contributed by atoms with van der Waals surface area (Å²) in [5.74, 6) is -0.607. The van der Waals surface area contributed by atoms with Gasteiger partial charge in [0, 0.05) is 26.6 Å². The first kappa shape index (κ1) is 15.4. The van der Waals surface area contributed by atoms with E-state index in [9.17, 15) is 17.6 Å². The zero-order valence-electron chi connectivity index (χ0n) is 11.3. The second-order valence-corrected chi connectivity index (χ2v) is 4.57. The lowest BCUT2D eigenvalue weighted by molar-refractivity contribution is -0.140. The predicted octanol–water partition coefficient (Wildman–Crippen LogP) is 2.31. The zero-order valence-corrected chi connectivity index (χ0v) is 11.3. The number of hydrogen-bond donors (Lipinski definition) is 1. The molecule has 2 rings (SSSR count). The van der Waals surface area contributed by atoms with Crippen molar-refractivity contribution in [3.63, 3.8) is 0 Å². The molecule has 1 N–H and O–H groups in total. The Morgan fingerprint density at radius 3 is 2.67 bits per heavy atom. The third-order valence-electron chi connectivity index (χ3n) is 2.84. The van der Waals surface area contributed by atoms with Gasteiger partial charge in [-0.15, -0.1) is 0 Å². The van der Waals surface area contributed by atoms with Crippen molar-refractivity contribution in [3.8, 4) is 0 Å². The molecule has 0 bridgehead atoms. The molecule has 4 nitrogen and oxygen atoms in total. The van der Waals surface area contributed by atoms with Gasteiger partial charge in [-0.25, -0.2) is 9.37 Å². The fourth-order valence-corrected chi connectivity index (χ4v) is 1.83. The van der Waals surface area contributed by atoms with Gasteiger partial charge < -0.3 is 5.32 Å². The molecule has 1 aromatic heterocycles. The highest BCUT2D eigenvalue weighted by molar-refractivity contribution is 5.27. The minimum absolute atomic E-state index is 0.218. The maximum Gasteiger partial charge on any atom is 0.419 e. The minimum atomic E-state index is -4.68. The van der Waals surface area contributed by atoms with E-state index >= 15 is 0 Å². The average Bonchev–Trinajstić information content (AvgIpc) is 2.81. The van der Waals surface area contributed by atoms with Crippen LogP contribution in [0.2, 0.25) is 0 Å². The summed E-state index contributed by atoms with van der Waals surface area (Å²) in [6.07, 6.45) is -2.54. The molecule has 0 saturated heterocycles. The molecule has 21 heavy (non-hydrogen) atoms. The van der Waals surface area contributed by atoms with Crippen molar-refractivity contribution in [2.24, 2.45) is 7.05 Å². The molecule has 0 radical (unpaired) electrons. The highest BCUT2D eigenvalue weighted by atomic mass is 19.4. The maximum absolute atomic E-state index is 13.1. The van der Waals surface area contributed by atoms with Gasteiger partial charge in [0.15, 0.2) is 5.82 Å². The number of halogens is 4. The fourth-order valence-electron chi connectivity index (χ4n) is 1.83. The lowest BCUT2D eigenvalue weighted by Crippen LogP contribution is -2.18. The lowest BCUT2D eigenvalue weighted by Gasteiger charge is -2.10. The molecule has 0 unspecified atom stereocenters. The van der Waals surface area contributed by atoms with Crippen molar-refractivity contribution in [3.05, 3.63) is 47.3 Å². The Morgan fingerprint density at radius 1 is 1.29 bits per heavy atom. The van der Waals surface area contributed by atoms with Gasteiger partial charge in [0.1, 0.15) is 12.1 Å². The summed E-state index contributed by atoms with van der Waals surface area (Å²) < 4.78 is 52.4. The number of rotatable bonds is 5.